The summed E-state index contributed by atoms with van der Waals surface area (Å²) >= 11 is 9.90. The predicted octanol–water partition coefficient (Wildman–Crippen LogP) is 1.21. The van der Waals surface area contributed by atoms with Crippen LogP contribution in [0, 0.1) is 6.92 Å². The van der Waals surface area contributed by atoms with Crippen LogP contribution in [0.2, 0.25) is 5.02 Å². The van der Waals surface area contributed by atoms with E-state index >= 15 is 0 Å². The number of nitrogens with one attached hydrogen (secondary N) is 1. The number of aromatic nitrogens is 2. The second-order valence-electron chi connectivity index (χ2n) is 4.13. The van der Waals surface area contributed by atoms with Gasteiger partial charge in [-0.25, -0.2) is 4.79 Å². The predicted molar refractivity (Wildman–Crippen MR) is 79.0 cm³/mol. The lowest BCUT2D eigenvalue weighted by Gasteiger charge is -2.14. The van der Waals surface area contributed by atoms with Gasteiger partial charge in [0.25, 0.3) is 0 Å². The summed E-state index contributed by atoms with van der Waals surface area (Å²) in [6, 6.07) is -0.728. The summed E-state index contributed by atoms with van der Waals surface area (Å²) in [5.41, 5.74) is 0.715. The van der Waals surface area contributed by atoms with E-state index in [2.05, 4.69) is 23.0 Å². The molecule has 0 fully saturated rings. The third-order valence-electron chi connectivity index (χ3n) is 2.54. The van der Waals surface area contributed by atoms with Gasteiger partial charge in [-0.1, -0.05) is 11.6 Å². The molecule has 1 atom stereocenters. The van der Waals surface area contributed by atoms with Crippen molar-refractivity contribution in [1.29, 1.82) is 0 Å². The SMILES string of the molecule is CCOC(=O)[C@H](CS)NC(=O)CCn1cc(Cl)c(C)n1. The molecule has 0 aliphatic heterocycles. The Morgan fingerprint density at radius 1 is 1.60 bits per heavy atom. The molecule has 1 rings (SSSR count). The maximum atomic E-state index is 11.8. The van der Waals surface area contributed by atoms with Crippen LogP contribution < -0.4 is 5.32 Å². The molecule has 1 aromatic rings. The van der Waals surface area contributed by atoms with Gasteiger partial charge in [0.2, 0.25) is 5.91 Å². The van der Waals surface area contributed by atoms with Crippen LogP contribution in [0.25, 0.3) is 0 Å². The number of esters is 1. The number of hydrogen-bond acceptors (Lipinski definition) is 5. The Bertz CT molecular complexity index is 459. The van der Waals surface area contributed by atoms with Gasteiger partial charge in [-0.05, 0) is 13.8 Å². The normalized spacial score (nSPS) is 12.0. The number of amides is 1. The van der Waals surface area contributed by atoms with E-state index in [0.717, 1.165) is 0 Å². The molecule has 6 nitrogen and oxygen atoms in total. The van der Waals surface area contributed by atoms with Gasteiger partial charge in [0.1, 0.15) is 6.04 Å². The van der Waals surface area contributed by atoms with Crippen LogP contribution >= 0.6 is 24.2 Å². The van der Waals surface area contributed by atoms with Crippen molar-refractivity contribution >= 4 is 36.1 Å². The van der Waals surface area contributed by atoms with Crippen molar-refractivity contribution in [3.63, 3.8) is 0 Å². The number of halogens is 1. The summed E-state index contributed by atoms with van der Waals surface area (Å²) in [5.74, 6) is -0.549. The molecule has 8 heteroatoms. The summed E-state index contributed by atoms with van der Waals surface area (Å²) in [5, 5.41) is 7.28. The average molecular weight is 320 g/mol. The largest absolute Gasteiger partial charge is 0.464 e. The van der Waals surface area contributed by atoms with Crippen molar-refractivity contribution < 1.29 is 14.3 Å². The topological polar surface area (TPSA) is 73.2 Å². The number of aryl methyl sites for hydroxylation is 2. The monoisotopic (exact) mass is 319 g/mol. The highest BCUT2D eigenvalue weighted by Crippen LogP contribution is 2.12. The van der Waals surface area contributed by atoms with Crippen LogP contribution in [0.5, 0.6) is 0 Å². The van der Waals surface area contributed by atoms with Gasteiger partial charge < -0.3 is 10.1 Å². The number of thiol groups is 1. The molecule has 0 aliphatic rings. The Hall–Kier alpha value is -1.21. The van der Waals surface area contributed by atoms with Gasteiger partial charge in [0.15, 0.2) is 0 Å². The van der Waals surface area contributed by atoms with Gasteiger partial charge in [-0.3, -0.25) is 9.48 Å². The van der Waals surface area contributed by atoms with Crippen LogP contribution in [0.1, 0.15) is 19.0 Å². The van der Waals surface area contributed by atoms with E-state index in [1.807, 2.05) is 0 Å². The second kappa shape index (κ2) is 8.16. The molecular weight excluding hydrogens is 302 g/mol. The summed E-state index contributed by atoms with van der Waals surface area (Å²) in [4.78, 5) is 23.3. The quantitative estimate of drug-likeness (QED) is 0.585. The van der Waals surface area contributed by atoms with E-state index in [1.165, 1.54) is 0 Å². The molecule has 0 bridgehead atoms. The molecule has 0 saturated carbocycles. The molecule has 1 N–H and O–H groups in total. The second-order valence-corrected chi connectivity index (χ2v) is 4.90. The maximum Gasteiger partial charge on any atom is 0.329 e. The fraction of sp³-hybridized carbons (Fsp3) is 0.583. The van der Waals surface area contributed by atoms with E-state index in [1.54, 1.807) is 24.7 Å². The zero-order valence-corrected chi connectivity index (χ0v) is 13.1. The molecule has 0 spiro atoms. The van der Waals surface area contributed by atoms with Crippen LogP contribution in [0.15, 0.2) is 6.20 Å². The third-order valence-corrected chi connectivity index (χ3v) is 3.28. The minimum atomic E-state index is -0.728. The number of carbonyl (C=O) groups is 2. The summed E-state index contributed by atoms with van der Waals surface area (Å²) < 4.78 is 6.43. The highest BCUT2D eigenvalue weighted by molar-refractivity contribution is 7.80. The Morgan fingerprint density at radius 3 is 2.80 bits per heavy atom. The molecule has 0 saturated heterocycles. The van der Waals surface area contributed by atoms with Crippen LogP contribution in [-0.4, -0.2) is 40.1 Å². The van der Waals surface area contributed by atoms with Crippen molar-refractivity contribution in [3.05, 3.63) is 16.9 Å². The van der Waals surface area contributed by atoms with Gasteiger partial charge in [-0.15, -0.1) is 0 Å². The van der Waals surface area contributed by atoms with Gasteiger partial charge >= 0.3 is 5.97 Å². The molecule has 1 amide bonds. The Kier molecular flexibility index (Phi) is 6.87. The molecule has 0 unspecified atom stereocenters. The first kappa shape index (κ1) is 16.8. The Morgan fingerprint density at radius 2 is 2.30 bits per heavy atom. The van der Waals surface area contributed by atoms with E-state index in [-0.39, 0.29) is 24.7 Å². The number of ether oxygens (including phenoxy) is 1. The molecule has 1 heterocycles. The zero-order chi connectivity index (χ0) is 15.1. The van der Waals surface area contributed by atoms with Crippen molar-refractivity contribution in [2.24, 2.45) is 0 Å². The first-order valence-electron chi connectivity index (χ1n) is 6.24. The fourth-order valence-electron chi connectivity index (χ4n) is 1.51. The van der Waals surface area contributed by atoms with Crippen molar-refractivity contribution in [2.75, 3.05) is 12.4 Å². The smallest absolute Gasteiger partial charge is 0.329 e. The van der Waals surface area contributed by atoms with Gasteiger partial charge in [-0.2, -0.15) is 17.7 Å². The molecule has 20 heavy (non-hydrogen) atoms. The lowest BCUT2D eigenvalue weighted by Crippen LogP contribution is -2.43. The Labute approximate surface area is 128 Å². The number of carbonyl (C=O) groups excluding carboxylic acids is 2. The molecule has 1 aromatic heterocycles. The van der Waals surface area contributed by atoms with Crippen LogP contribution in [0.3, 0.4) is 0 Å². The Balaban J connectivity index is 2.44. The minimum absolute atomic E-state index is 0.192. The number of nitrogens with zero attached hydrogens (tertiary/aromatic N) is 2. The lowest BCUT2D eigenvalue weighted by atomic mass is 10.3. The number of hydrogen-bond donors (Lipinski definition) is 2. The summed E-state index contributed by atoms with van der Waals surface area (Å²) in [6.07, 6.45) is 1.85. The van der Waals surface area contributed by atoms with Crippen molar-refractivity contribution in [1.82, 2.24) is 15.1 Å². The zero-order valence-electron chi connectivity index (χ0n) is 11.4. The fourth-order valence-corrected chi connectivity index (χ4v) is 1.90. The highest BCUT2D eigenvalue weighted by Gasteiger charge is 2.20. The van der Waals surface area contributed by atoms with Crippen molar-refractivity contribution in [2.45, 2.75) is 32.9 Å². The summed E-state index contributed by atoms with van der Waals surface area (Å²) in [6.45, 7) is 4.15. The number of rotatable bonds is 7. The molecule has 0 aliphatic carbocycles. The van der Waals surface area contributed by atoms with E-state index in [9.17, 15) is 9.59 Å². The average Bonchev–Trinajstić information content (AvgIpc) is 2.73. The van der Waals surface area contributed by atoms with Crippen LogP contribution in [0.4, 0.5) is 0 Å². The van der Waals surface area contributed by atoms with E-state index in [4.69, 9.17) is 16.3 Å². The maximum absolute atomic E-state index is 11.8. The molecule has 0 aromatic carbocycles. The van der Waals surface area contributed by atoms with E-state index in [0.29, 0.717) is 17.3 Å². The standard InChI is InChI=1S/C12H18ClN3O3S/c1-3-19-12(18)10(7-20)14-11(17)4-5-16-6-9(13)8(2)15-16/h6,10,20H,3-5,7H2,1-2H3,(H,14,17)/t10-/m0/s1. The highest BCUT2D eigenvalue weighted by atomic mass is 35.5. The summed E-state index contributed by atoms with van der Waals surface area (Å²) in [7, 11) is 0. The third kappa shape index (κ3) is 5.05. The molecular formula is C12H18ClN3O3S. The molecule has 0 radical (unpaired) electrons. The van der Waals surface area contributed by atoms with Gasteiger partial charge in [0, 0.05) is 24.9 Å². The lowest BCUT2D eigenvalue weighted by molar-refractivity contribution is -0.146. The van der Waals surface area contributed by atoms with E-state index < -0.39 is 12.0 Å². The minimum Gasteiger partial charge on any atom is -0.464 e. The van der Waals surface area contributed by atoms with Crippen molar-refractivity contribution in [3.8, 4) is 0 Å². The molecule has 112 valence electrons. The van der Waals surface area contributed by atoms with Crippen LogP contribution in [-0.2, 0) is 20.9 Å². The van der Waals surface area contributed by atoms with Gasteiger partial charge in [0.05, 0.1) is 17.3 Å². The first-order chi connectivity index (χ1) is 9.47. The first-order valence-corrected chi connectivity index (χ1v) is 7.25.